The van der Waals surface area contributed by atoms with Crippen molar-refractivity contribution < 1.29 is 4.79 Å². The van der Waals surface area contributed by atoms with Crippen molar-refractivity contribution in [1.82, 2.24) is 10.3 Å². The van der Waals surface area contributed by atoms with Crippen LogP contribution < -0.4 is 10.2 Å². The number of nitrogens with zero attached hydrogens (tertiary/aromatic N) is 2. The third-order valence-corrected chi connectivity index (χ3v) is 4.44. The summed E-state index contributed by atoms with van der Waals surface area (Å²) in [5, 5.41) is 6.39. The minimum absolute atomic E-state index is 0.115. The van der Waals surface area contributed by atoms with E-state index in [1.165, 1.54) is 10.1 Å². The molecular weight excluding hydrogens is 270 g/mol. The molecule has 1 aliphatic heterocycles. The van der Waals surface area contributed by atoms with E-state index in [0.29, 0.717) is 0 Å². The van der Waals surface area contributed by atoms with Crippen molar-refractivity contribution in [1.29, 1.82) is 0 Å². The first-order valence-electron chi connectivity index (χ1n) is 6.83. The summed E-state index contributed by atoms with van der Waals surface area (Å²) in [6.07, 6.45) is 1.86. The van der Waals surface area contributed by atoms with Crippen molar-refractivity contribution in [2.24, 2.45) is 5.41 Å². The fourth-order valence-electron chi connectivity index (χ4n) is 2.28. The van der Waals surface area contributed by atoms with E-state index in [1.54, 1.807) is 11.3 Å². The second-order valence-corrected chi connectivity index (χ2v) is 7.24. The Morgan fingerprint density at radius 3 is 2.85 bits per heavy atom. The van der Waals surface area contributed by atoms with Gasteiger partial charge in [0.1, 0.15) is 5.82 Å². The maximum atomic E-state index is 11.9. The van der Waals surface area contributed by atoms with Gasteiger partial charge in [-0.2, -0.15) is 0 Å². The molecular formula is C15H19N3OS. The molecule has 2 aromatic heterocycles. The molecule has 0 bridgehead atoms. The summed E-state index contributed by atoms with van der Waals surface area (Å²) < 4.78 is 1.26. The molecule has 0 spiro atoms. The number of anilines is 1. The molecule has 0 saturated carbocycles. The van der Waals surface area contributed by atoms with E-state index >= 15 is 0 Å². The van der Waals surface area contributed by atoms with Gasteiger partial charge in [0, 0.05) is 34.8 Å². The predicted octanol–water partition coefficient (Wildman–Crippen LogP) is 2.65. The van der Waals surface area contributed by atoms with Gasteiger partial charge >= 0.3 is 0 Å². The van der Waals surface area contributed by atoms with Gasteiger partial charge in [-0.25, -0.2) is 4.98 Å². The monoisotopic (exact) mass is 289 g/mol. The normalized spacial score (nSPS) is 16.2. The SMILES string of the molecule is CC(C)(C)C(=O)NC1CN(c2nccc3sccc23)C1. The van der Waals surface area contributed by atoms with Gasteiger partial charge in [-0.05, 0) is 17.5 Å². The molecule has 0 unspecified atom stereocenters. The summed E-state index contributed by atoms with van der Waals surface area (Å²) >= 11 is 1.73. The lowest BCUT2D eigenvalue weighted by atomic mass is 9.94. The molecule has 0 atom stereocenters. The molecule has 0 aliphatic carbocycles. The Kier molecular flexibility index (Phi) is 3.17. The van der Waals surface area contributed by atoms with Crippen LogP contribution in [0.5, 0.6) is 0 Å². The van der Waals surface area contributed by atoms with Crippen LogP contribution in [0.4, 0.5) is 5.82 Å². The number of nitrogens with one attached hydrogen (secondary N) is 1. The number of hydrogen-bond acceptors (Lipinski definition) is 4. The lowest BCUT2D eigenvalue weighted by Gasteiger charge is -2.41. The second-order valence-electron chi connectivity index (χ2n) is 6.29. The number of fused-ring (bicyclic) bond motifs is 1. The quantitative estimate of drug-likeness (QED) is 0.924. The van der Waals surface area contributed by atoms with Gasteiger partial charge in [0.25, 0.3) is 0 Å². The Labute approximate surface area is 122 Å². The highest BCUT2D eigenvalue weighted by atomic mass is 32.1. The Balaban J connectivity index is 1.66. The topological polar surface area (TPSA) is 45.2 Å². The Hall–Kier alpha value is -1.62. The molecule has 1 fully saturated rings. The minimum atomic E-state index is -0.327. The lowest BCUT2D eigenvalue weighted by Crippen LogP contribution is -2.61. The molecule has 2 aromatic rings. The van der Waals surface area contributed by atoms with E-state index in [0.717, 1.165) is 18.9 Å². The number of thiophene rings is 1. The zero-order valence-electron chi connectivity index (χ0n) is 12.0. The van der Waals surface area contributed by atoms with Crippen molar-refractivity contribution in [2.45, 2.75) is 26.8 Å². The van der Waals surface area contributed by atoms with E-state index in [1.807, 2.05) is 33.0 Å². The first-order valence-corrected chi connectivity index (χ1v) is 7.71. The lowest BCUT2D eigenvalue weighted by molar-refractivity contribution is -0.129. The maximum Gasteiger partial charge on any atom is 0.225 e. The fourth-order valence-corrected chi connectivity index (χ4v) is 3.05. The Bertz CT molecular complexity index is 638. The number of hydrogen-bond donors (Lipinski definition) is 1. The van der Waals surface area contributed by atoms with Crippen LogP contribution in [-0.4, -0.2) is 30.0 Å². The van der Waals surface area contributed by atoms with Crippen LogP contribution in [0.3, 0.4) is 0 Å². The number of aromatic nitrogens is 1. The van der Waals surface area contributed by atoms with Gasteiger partial charge in [0.2, 0.25) is 5.91 Å². The van der Waals surface area contributed by atoms with Crippen LogP contribution in [0.15, 0.2) is 23.7 Å². The number of rotatable bonds is 2. The van der Waals surface area contributed by atoms with Gasteiger partial charge in [-0.15, -0.1) is 11.3 Å². The highest BCUT2D eigenvalue weighted by Crippen LogP contribution is 2.30. The highest BCUT2D eigenvalue weighted by Gasteiger charge is 2.32. The average molecular weight is 289 g/mol. The number of amides is 1. The zero-order valence-corrected chi connectivity index (χ0v) is 12.8. The molecule has 3 heterocycles. The predicted molar refractivity (Wildman–Crippen MR) is 83.2 cm³/mol. The highest BCUT2D eigenvalue weighted by molar-refractivity contribution is 7.17. The van der Waals surface area contributed by atoms with Gasteiger partial charge in [0.05, 0.1) is 6.04 Å². The van der Waals surface area contributed by atoms with Crippen LogP contribution in [0, 0.1) is 5.41 Å². The number of carbonyl (C=O) groups excluding carboxylic acids is 1. The first-order chi connectivity index (χ1) is 9.45. The Morgan fingerprint density at radius 2 is 2.15 bits per heavy atom. The average Bonchev–Trinajstić information content (AvgIpc) is 2.79. The molecule has 1 N–H and O–H groups in total. The van der Waals surface area contributed by atoms with Crippen molar-refractivity contribution in [3.05, 3.63) is 23.7 Å². The van der Waals surface area contributed by atoms with E-state index in [2.05, 4.69) is 26.6 Å². The van der Waals surface area contributed by atoms with Crippen molar-refractivity contribution in [3.63, 3.8) is 0 Å². The third-order valence-electron chi connectivity index (χ3n) is 3.56. The second kappa shape index (κ2) is 4.74. The molecule has 1 aliphatic rings. The van der Waals surface area contributed by atoms with Crippen LogP contribution >= 0.6 is 11.3 Å². The van der Waals surface area contributed by atoms with Crippen LogP contribution in [-0.2, 0) is 4.79 Å². The maximum absolute atomic E-state index is 11.9. The fraction of sp³-hybridized carbons (Fsp3) is 0.467. The number of pyridine rings is 1. The van der Waals surface area contributed by atoms with E-state index in [4.69, 9.17) is 0 Å². The first kappa shape index (κ1) is 13.4. The molecule has 20 heavy (non-hydrogen) atoms. The van der Waals surface area contributed by atoms with Crippen LogP contribution in [0.2, 0.25) is 0 Å². The molecule has 0 aromatic carbocycles. The molecule has 106 valence electrons. The summed E-state index contributed by atoms with van der Waals surface area (Å²) in [6.45, 7) is 7.48. The standard InChI is InChI=1S/C15H19N3OS/c1-15(2,3)14(19)17-10-8-18(9-10)13-11-5-7-20-12(11)4-6-16-13/h4-7,10H,8-9H2,1-3H3,(H,17,19). The Morgan fingerprint density at radius 1 is 1.40 bits per heavy atom. The summed E-state index contributed by atoms with van der Waals surface area (Å²) in [5.41, 5.74) is -0.327. The molecule has 1 amide bonds. The number of carbonyl (C=O) groups is 1. The van der Waals surface area contributed by atoms with Gasteiger partial charge in [-0.3, -0.25) is 4.79 Å². The molecule has 5 heteroatoms. The van der Waals surface area contributed by atoms with Crippen molar-refractivity contribution in [3.8, 4) is 0 Å². The largest absolute Gasteiger partial charge is 0.352 e. The molecule has 0 radical (unpaired) electrons. The molecule has 4 nitrogen and oxygen atoms in total. The van der Waals surface area contributed by atoms with E-state index in [-0.39, 0.29) is 17.4 Å². The zero-order chi connectivity index (χ0) is 14.3. The van der Waals surface area contributed by atoms with Gasteiger partial charge < -0.3 is 10.2 Å². The summed E-state index contributed by atoms with van der Waals surface area (Å²) in [7, 11) is 0. The minimum Gasteiger partial charge on any atom is -0.352 e. The van der Waals surface area contributed by atoms with E-state index < -0.39 is 0 Å². The van der Waals surface area contributed by atoms with Crippen LogP contribution in [0.1, 0.15) is 20.8 Å². The third kappa shape index (κ3) is 2.38. The summed E-state index contributed by atoms with van der Waals surface area (Å²) in [5.74, 6) is 1.15. The summed E-state index contributed by atoms with van der Waals surface area (Å²) in [4.78, 5) is 18.6. The smallest absolute Gasteiger partial charge is 0.225 e. The summed E-state index contributed by atoms with van der Waals surface area (Å²) in [6, 6.07) is 4.39. The van der Waals surface area contributed by atoms with Crippen LogP contribution in [0.25, 0.3) is 10.1 Å². The van der Waals surface area contributed by atoms with Crippen molar-refractivity contribution in [2.75, 3.05) is 18.0 Å². The van der Waals surface area contributed by atoms with Gasteiger partial charge in [-0.1, -0.05) is 20.8 Å². The molecule has 3 rings (SSSR count). The van der Waals surface area contributed by atoms with Crippen molar-refractivity contribution >= 4 is 33.1 Å². The molecule has 1 saturated heterocycles. The van der Waals surface area contributed by atoms with E-state index in [9.17, 15) is 4.79 Å². The van der Waals surface area contributed by atoms with Gasteiger partial charge in [0.15, 0.2) is 0 Å².